The summed E-state index contributed by atoms with van der Waals surface area (Å²) in [6, 6.07) is 17.6. The summed E-state index contributed by atoms with van der Waals surface area (Å²) >= 11 is 0. The fourth-order valence-electron chi connectivity index (χ4n) is 3.40. The van der Waals surface area contributed by atoms with Gasteiger partial charge in [-0.05, 0) is 54.8 Å². The lowest BCUT2D eigenvalue weighted by atomic mass is 10.1. The number of fused-ring (bicyclic) bond motifs is 1. The van der Waals surface area contributed by atoms with Gasteiger partial charge in [-0.1, -0.05) is 24.3 Å². The second kappa shape index (κ2) is 9.20. The third-order valence-electron chi connectivity index (χ3n) is 4.97. The van der Waals surface area contributed by atoms with Crippen LogP contribution in [0, 0.1) is 0 Å². The molecule has 7 nitrogen and oxygen atoms in total. The van der Waals surface area contributed by atoms with Crippen molar-refractivity contribution in [3.63, 3.8) is 0 Å². The summed E-state index contributed by atoms with van der Waals surface area (Å²) < 4.78 is 32.6. The highest BCUT2D eigenvalue weighted by atomic mass is 32.2. The van der Waals surface area contributed by atoms with Gasteiger partial charge in [0.05, 0.1) is 17.7 Å². The first-order valence-electron chi connectivity index (χ1n) is 9.98. The number of amides is 1. The van der Waals surface area contributed by atoms with Crippen molar-refractivity contribution in [1.29, 1.82) is 0 Å². The van der Waals surface area contributed by atoms with Crippen LogP contribution in [-0.4, -0.2) is 19.3 Å². The van der Waals surface area contributed by atoms with Crippen molar-refractivity contribution in [2.45, 2.75) is 30.7 Å². The molecule has 0 spiro atoms. The van der Waals surface area contributed by atoms with Crippen LogP contribution < -0.4 is 10.0 Å². The maximum Gasteiger partial charge on any atom is 0.241 e. The first-order valence-corrected chi connectivity index (χ1v) is 11.5. The summed E-state index contributed by atoms with van der Waals surface area (Å²) in [4.78, 5) is 15.7. The molecule has 0 saturated carbocycles. The van der Waals surface area contributed by atoms with Gasteiger partial charge in [0, 0.05) is 29.2 Å². The van der Waals surface area contributed by atoms with Gasteiger partial charge in [0.25, 0.3) is 0 Å². The standard InChI is InChI=1S/C23H23N3O4S/c27-23(12-3-6-17-15-24-22-11-2-1-10-21(17)22)26-18-7-4-9-20(14-18)31(28,29)25-16-19-8-5-13-30-19/h1-2,4-5,7-11,13-15,24-25H,3,6,12,16H2,(H,26,27). The van der Waals surface area contributed by atoms with Crippen LogP contribution in [0.1, 0.15) is 24.2 Å². The lowest BCUT2D eigenvalue weighted by Gasteiger charge is -2.09. The number of carbonyl (C=O) groups is 1. The molecule has 2 heterocycles. The molecule has 0 aliphatic heterocycles. The Kier molecular flexibility index (Phi) is 6.20. The van der Waals surface area contributed by atoms with Crippen LogP contribution in [0.25, 0.3) is 10.9 Å². The quantitative estimate of drug-likeness (QED) is 0.365. The number of rotatable bonds is 9. The molecule has 4 aromatic rings. The van der Waals surface area contributed by atoms with E-state index in [1.165, 1.54) is 29.3 Å². The third-order valence-corrected chi connectivity index (χ3v) is 6.37. The molecule has 4 rings (SSSR count). The zero-order chi connectivity index (χ0) is 21.7. The summed E-state index contributed by atoms with van der Waals surface area (Å²) in [5, 5.41) is 3.95. The van der Waals surface area contributed by atoms with Crippen molar-refractivity contribution in [3.05, 3.63) is 84.4 Å². The van der Waals surface area contributed by atoms with E-state index in [0.29, 0.717) is 24.3 Å². The predicted octanol–water partition coefficient (Wildman–Crippen LogP) is 4.20. The van der Waals surface area contributed by atoms with E-state index < -0.39 is 10.0 Å². The van der Waals surface area contributed by atoms with Crippen molar-refractivity contribution in [2.75, 3.05) is 5.32 Å². The number of anilines is 1. The maximum atomic E-state index is 12.5. The summed E-state index contributed by atoms with van der Waals surface area (Å²) in [7, 11) is -3.73. The number of furan rings is 1. The Labute approximate surface area is 180 Å². The molecular weight excluding hydrogens is 414 g/mol. The van der Waals surface area contributed by atoms with Crippen molar-refractivity contribution in [2.24, 2.45) is 0 Å². The molecule has 8 heteroatoms. The van der Waals surface area contributed by atoms with Crippen LogP contribution in [0.3, 0.4) is 0 Å². The average molecular weight is 438 g/mol. The molecule has 2 aromatic carbocycles. The van der Waals surface area contributed by atoms with Crippen LogP contribution in [0.15, 0.2) is 82.4 Å². The third kappa shape index (κ3) is 5.22. The van der Waals surface area contributed by atoms with Gasteiger partial charge in [0.1, 0.15) is 5.76 Å². The van der Waals surface area contributed by atoms with Crippen molar-refractivity contribution in [3.8, 4) is 0 Å². The number of carbonyl (C=O) groups excluding carboxylic acids is 1. The Balaban J connectivity index is 1.32. The summed E-state index contributed by atoms with van der Waals surface area (Å²) in [5.41, 5.74) is 2.71. The number of H-pyrrole nitrogens is 1. The van der Waals surface area contributed by atoms with Crippen LogP contribution in [0.2, 0.25) is 0 Å². The molecule has 1 amide bonds. The normalized spacial score (nSPS) is 11.6. The zero-order valence-electron chi connectivity index (χ0n) is 16.8. The molecule has 0 aliphatic rings. The highest BCUT2D eigenvalue weighted by molar-refractivity contribution is 7.89. The molecule has 0 atom stereocenters. The second-order valence-corrected chi connectivity index (χ2v) is 8.96. The number of aromatic nitrogens is 1. The van der Waals surface area contributed by atoms with Crippen LogP contribution in [0.5, 0.6) is 0 Å². The molecule has 31 heavy (non-hydrogen) atoms. The van der Waals surface area contributed by atoms with Crippen LogP contribution in [-0.2, 0) is 27.8 Å². The van der Waals surface area contributed by atoms with Gasteiger partial charge in [-0.25, -0.2) is 13.1 Å². The molecule has 0 saturated heterocycles. The van der Waals surface area contributed by atoms with E-state index in [4.69, 9.17) is 4.42 Å². The fourth-order valence-corrected chi connectivity index (χ4v) is 4.44. The molecule has 0 aliphatic carbocycles. The average Bonchev–Trinajstić information content (AvgIpc) is 3.43. The fraction of sp³-hybridized carbons (Fsp3) is 0.174. The molecule has 0 unspecified atom stereocenters. The minimum absolute atomic E-state index is 0.0553. The zero-order valence-corrected chi connectivity index (χ0v) is 17.6. The number of benzene rings is 2. The van der Waals surface area contributed by atoms with E-state index in [1.54, 1.807) is 24.3 Å². The van der Waals surface area contributed by atoms with E-state index in [1.807, 2.05) is 24.4 Å². The Morgan fingerprint density at radius 3 is 2.74 bits per heavy atom. The van der Waals surface area contributed by atoms with Gasteiger partial charge < -0.3 is 14.7 Å². The molecular formula is C23H23N3O4S. The molecule has 160 valence electrons. The van der Waals surface area contributed by atoms with Crippen molar-refractivity contribution in [1.82, 2.24) is 9.71 Å². The van der Waals surface area contributed by atoms with E-state index >= 15 is 0 Å². The highest BCUT2D eigenvalue weighted by Gasteiger charge is 2.15. The topological polar surface area (TPSA) is 104 Å². The Morgan fingerprint density at radius 2 is 1.90 bits per heavy atom. The largest absolute Gasteiger partial charge is 0.468 e. The molecule has 2 aromatic heterocycles. The minimum Gasteiger partial charge on any atom is -0.468 e. The number of para-hydroxylation sites is 1. The number of hydrogen-bond acceptors (Lipinski definition) is 4. The van der Waals surface area contributed by atoms with E-state index in [9.17, 15) is 13.2 Å². The number of hydrogen-bond donors (Lipinski definition) is 3. The Morgan fingerprint density at radius 1 is 1.03 bits per heavy atom. The SMILES string of the molecule is O=C(CCCc1c[nH]c2ccccc12)Nc1cccc(S(=O)(=O)NCc2ccco2)c1. The molecule has 0 radical (unpaired) electrons. The smallest absolute Gasteiger partial charge is 0.241 e. The van der Waals surface area contributed by atoms with E-state index in [-0.39, 0.29) is 17.3 Å². The second-order valence-electron chi connectivity index (χ2n) is 7.19. The van der Waals surface area contributed by atoms with Gasteiger partial charge >= 0.3 is 0 Å². The molecule has 0 fully saturated rings. The van der Waals surface area contributed by atoms with Crippen molar-refractivity contribution < 1.29 is 17.6 Å². The maximum absolute atomic E-state index is 12.5. The first kappa shape index (κ1) is 20.9. The number of aromatic amines is 1. The lowest BCUT2D eigenvalue weighted by molar-refractivity contribution is -0.116. The van der Waals surface area contributed by atoms with Crippen LogP contribution >= 0.6 is 0 Å². The monoisotopic (exact) mass is 437 g/mol. The van der Waals surface area contributed by atoms with E-state index in [2.05, 4.69) is 21.1 Å². The van der Waals surface area contributed by atoms with Gasteiger partial charge in [-0.15, -0.1) is 0 Å². The number of aryl methyl sites for hydroxylation is 1. The molecule has 0 bridgehead atoms. The van der Waals surface area contributed by atoms with Crippen molar-refractivity contribution >= 4 is 32.5 Å². The molecule has 3 N–H and O–H groups in total. The van der Waals surface area contributed by atoms with Gasteiger partial charge in [0.15, 0.2) is 0 Å². The number of sulfonamides is 1. The van der Waals surface area contributed by atoms with E-state index in [0.717, 1.165) is 11.9 Å². The lowest BCUT2D eigenvalue weighted by Crippen LogP contribution is -2.23. The summed E-state index contributed by atoms with van der Waals surface area (Å²) in [5.74, 6) is 0.362. The highest BCUT2D eigenvalue weighted by Crippen LogP contribution is 2.20. The van der Waals surface area contributed by atoms with Gasteiger partial charge in [-0.3, -0.25) is 4.79 Å². The van der Waals surface area contributed by atoms with Crippen LogP contribution in [0.4, 0.5) is 5.69 Å². The predicted molar refractivity (Wildman–Crippen MR) is 119 cm³/mol. The summed E-state index contributed by atoms with van der Waals surface area (Å²) in [6.07, 6.45) is 5.27. The summed E-state index contributed by atoms with van der Waals surface area (Å²) in [6.45, 7) is 0.0553. The Bertz CT molecular complexity index is 1280. The van der Waals surface area contributed by atoms with Gasteiger partial charge in [0.2, 0.25) is 15.9 Å². The number of nitrogens with one attached hydrogen (secondary N) is 3. The Hall–Kier alpha value is -3.36. The van der Waals surface area contributed by atoms with Gasteiger partial charge in [-0.2, -0.15) is 0 Å². The first-order chi connectivity index (χ1) is 15.0. The minimum atomic E-state index is -3.73.